The van der Waals surface area contributed by atoms with Crippen molar-refractivity contribution in [2.24, 2.45) is 5.92 Å². The number of carbonyl (C=O) groups is 1. The minimum Gasteiger partial charge on any atom is -0.370 e. The summed E-state index contributed by atoms with van der Waals surface area (Å²) >= 11 is 0. The second kappa shape index (κ2) is 5.92. The van der Waals surface area contributed by atoms with Crippen molar-refractivity contribution in [2.75, 3.05) is 7.11 Å². The molecule has 0 aliphatic heterocycles. The van der Waals surface area contributed by atoms with Crippen molar-refractivity contribution >= 4 is 5.78 Å². The molecule has 0 radical (unpaired) electrons. The molecule has 0 heterocycles. The van der Waals surface area contributed by atoms with Gasteiger partial charge in [0.15, 0.2) is 5.78 Å². The molecule has 0 bridgehead atoms. The number of methoxy groups -OCH3 is 1. The van der Waals surface area contributed by atoms with Crippen LogP contribution in [0.25, 0.3) is 0 Å². The Morgan fingerprint density at radius 3 is 2.67 bits per heavy atom. The van der Waals surface area contributed by atoms with Crippen LogP contribution in [-0.4, -0.2) is 18.5 Å². The van der Waals surface area contributed by atoms with Crippen LogP contribution >= 0.6 is 0 Å². The summed E-state index contributed by atoms with van der Waals surface area (Å²) in [5, 5.41) is 0. The van der Waals surface area contributed by atoms with Gasteiger partial charge in [-0.05, 0) is 67.6 Å². The van der Waals surface area contributed by atoms with E-state index in [1.807, 2.05) is 0 Å². The molecule has 1 saturated carbocycles. The van der Waals surface area contributed by atoms with Gasteiger partial charge in [0.25, 0.3) is 0 Å². The van der Waals surface area contributed by atoms with Crippen molar-refractivity contribution in [2.45, 2.75) is 63.9 Å². The van der Waals surface area contributed by atoms with Gasteiger partial charge in [-0.3, -0.25) is 4.79 Å². The molecule has 114 valence electrons. The van der Waals surface area contributed by atoms with E-state index in [9.17, 15) is 4.79 Å². The third-order valence-electron chi connectivity index (χ3n) is 5.51. The molecule has 21 heavy (non-hydrogen) atoms. The molecule has 1 fully saturated rings. The predicted molar refractivity (Wildman–Crippen MR) is 84.6 cm³/mol. The Bertz CT molecular complexity index is 524. The molecule has 2 heteroatoms. The van der Waals surface area contributed by atoms with Crippen LogP contribution in [-0.2, 0) is 28.8 Å². The summed E-state index contributed by atoms with van der Waals surface area (Å²) in [5.74, 6) is 0.996. The van der Waals surface area contributed by atoms with Crippen molar-refractivity contribution in [3.8, 4) is 0 Å². The first-order valence-electron chi connectivity index (χ1n) is 8.32. The van der Waals surface area contributed by atoms with E-state index >= 15 is 0 Å². The van der Waals surface area contributed by atoms with Crippen molar-refractivity contribution in [1.82, 2.24) is 0 Å². The largest absolute Gasteiger partial charge is 0.370 e. The van der Waals surface area contributed by atoms with Gasteiger partial charge >= 0.3 is 0 Å². The van der Waals surface area contributed by atoms with Gasteiger partial charge in [-0.2, -0.15) is 0 Å². The highest BCUT2D eigenvalue weighted by Gasteiger charge is 2.40. The Kier molecular flexibility index (Phi) is 4.17. The number of Topliss-reactive ketones (excluding diaryl/α,β-unsaturated/α-hetero) is 1. The highest BCUT2D eigenvalue weighted by molar-refractivity contribution is 5.89. The van der Waals surface area contributed by atoms with Crippen molar-refractivity contribution in [3.63, 3.8) is 0 Å². The average Bonchev–Trinajstić information content (AvgIpc) is 2.96. The number of ketones is 1. The SMILES string of the molecule is COC1(C(=O)Cc2ccc3c(c2)CCC3)CCC(C)CC1. The van der Waals surface area contributed by atoms with Crippen LogP contribution in [0.4, 0.5) is 0 Å². The van der Waals surface area contributed by atoms with E-state index in [2.05, 4.69) is 25.1 Å². The molecule has 0 saturated heterocycles. The average molecular weight is 286 g/mol. The summed E-state index contributed by atoms with van der Waals surface area (Å²) in [6.07, 6.45) is 8.12. The smallest absolute Gasteiger partial charge is 0.168 e. The van der Waals surface area contributed by atoms with Crippen molar-refractivity contribution in [1.29, 1.82) is 0 Å². The zero-order valence-corrected chi connectivity index (χ0v) is 13.3. The summed E-state index contributed by atoms with van der Waals surface area (Å²) in [7, 11) is 1.70. The maximum atomic E-state index is 12.8. The molecule has 2 aliphatic carbocycles. The zero-order chi connectivity index (χ0) is 14.9. The van der Waals surface area contributed by atoms with E-state index in [-0.39, 0.29) is 5.78 Å². The minimum atomic E-state index is -0.522. The van der Waals surface area contributed by atoms with E-state index in [4.69, 9.17) is 4.74 Å². The quantitative estimate of drug-likeness (QED) is 0.839. The number of benzene rings is 1. The maximum absolute atomic E-state index is 12.8. The molecule has 0 N–H and O–H groups in total. The van der Waals surface area contributed by atoms with Gasteiger partial charge in [-0.15, -0.1) is 0 Å². The maximum Gasteiger partial charge on any atom is 0.168 e. The molecule has 1 aromatic rings. The van der Waals surface area contributed by atoms with Gasteiger partial charge in [-0.1, -0.05) is 25.1 Å². The fourth-order valence-corrected chi connectivity index (χ4v) is 3.91. The number of aryl methyl sites for hydroxylation is 2. The fourth-order valence-electron chi connectivity index (χ4n) is 3.91. The second-order valence-corrected chi connectivity index (χ2v) is 6.94. The number of hydrogen-bond donors (Lipinski definition) is 0. The normalized spacial score (nSPS) is 28.4. The predicted octanol–water partition coefficient (Wildman–Crippen LogP) is 3.88. The highest BCUT2D eigenvalue weighted by Crippen LogP contribution is 2.36. The fraction of sp³-hybridized carbons (Fsp3) is 0.632. The summed E-state index contributed by atoms with van der Waals surface area (Å²) in [6.45, 7) is 2.27. The van der Waals surface area contributed by atoms with Gasteiger partial charge < -0.3 is 4.74 Å². The Labute approximate surface area is 127 Å². The standard InChI is InChI=1S/C19H26O2/c1-14-8-10-19(21-2,11-9-14)18(20)13-15-6-7-16-4-3-5-17(16)12-15/h6-7,12,14H,3-5,8-11,13H2,1-2H3. The monoisotopic (exact) mass is 286 g/mol. The van der Waals surface area contributed by atoms with Crippen LogP contribution in [0.1, 0.15) is 55.7 Å². The molecule has 2 nitrogen and oxygen atoms in total. The molecule has 0 spiro atoms. The lowest BCUT2D eigenvalue weighted by Gasteiger charge is -2.37. The van der Waals surface area contributed by atoms with Gasteiger partial charge in [-0.25, -0.2) is 0 Å². The van der Waals surface area contributed by atoms with E-state index in [0.29, 0.717) is 6.42 Å². The van der Waals surface area contributed by atoms with Gasteiger partial charge in [0.2, 0.25) is 0 Å². The molecule has 3 rings (SSSR count). The lowest BCUT2D eigenvalue weighted by Crippen LogP contribution is -2.44. The van der Waals surface area contributed by atoms with Crippen LogP contribution in [0.5, 0.6) is 0 Å². The van der Waals surface area contributed by atoms with Gasteiger partial charge in [0.05, 0.1) is 0 Å². The Morgan fingerprint density at radius 1 is 1.24 bits per heavy atom. The van der Waals surface area contributed by atoms with E-state index in [1.165, 1.54) is 30.4 Å². The summed E-state index contributed by atoms with van der Waals surface area (Å²) in [6, 6.07) is 6.60. The topological polar surface area (TPSA) is 26.3 Å². The van der Waals surface area contributed by atoms with E-state index in [0.717, 1.165) is 37.2 Å². The first kappa shape index (κ1) is 14.8. The van der Waals surface area contributed by atoms with Crippen LogP contribution in [0.3, 0.4) is 0 Å². The van der Waals surface area contributed by atoms with Crippen molar-refractivity contribution in [3.05, 3.63) is 34.9 Å². The molecule has 0 atom stereocenters. The third kappa shape index (κ3) is 2.91. The molecule has 1 aromatic carbocycles. The summed E-state index contributed by atoms with van der Waals surface area (Å²) in [4.78, 5) is 12.8. The lowest BCUT2D eigenvalue weighted by molar-refractivity contribution is -0.145. The van der Waals surface area contributed by atoms with Crippen LogP contribution < -0.4 is 0 Å². The third-order valence-corrected chi connectivity index (χ3v) is 5.51. The Hall–Kier alpha value is -1.15. The zero-order valence-electron chi connectivity index (χ0n) is 13.3. The number of carbonyl (C=O) groups excluding carboxylic acids is 1. The number of rotatable bonds is 4. The molecular weight excluding hydrogens is 260 g/mol. The molecule has 0 aromatic heterocycles. The summed E-state index contributed by atoms with van der Waals surface area (Å²) < 4.78 is 5.70. The van der Waals surface area contributed by atoms with Crippen LogP contribution in [0, 0.1) is 5.92 Å². The molecule has 0 unspecified atom stereocenters. The first-order chi connectivity index (χ1) is 10.1. The Morgan fingerprint density at radius 2 is 1.95 bits per heavy atom. The van der Waals surface area contributed by atoms with Gasteiger partial charge in [0, 0.05) is 13.5 Å². The second-order valence-electron chi connectivity index (χ2n) is 6.94. The van der Waals surface area contributed by atoms with Crippen LogP contribution in [0.2, 0.25) is 0 Å². The first-order valence-corrected chi connectivity index (χ1v) is 8.32. The molecular formula is C19H26O2. The number of hydrogen-bond acceptors (Lipinski definition) is 2. The van der Waals surface area contributed by atoms with E-state index < -0.39 is 5.60 Å². The molecule has 2 aliphatic rings. The Balaban J connectivity index is 1.73. The summed E-state index contributed by atoms with van der Waals surface area (Å²) in [5.41, 5.74) is 3.56. The minimum absolute atomic E-state index is 0.273. The van der Waals surface area contributed by atoms with Crippen molar-refractivity contribution < 1.29 is 9.53 Å². The van der Waals surface area contributed by atoms with Gasteiger partial charge in [0.1, 0.15) is 5.60 Å². The molecule has 0 amide bonds. The highest BCUT2D eigenvalue weighted by atomic mass is 16.5. The van der Waals surface area contributed by atoms with E-state index in [1.54, 1.807) is 7.11 Å². The van der Waals surface area contributed by atoms with Crippen LogP contribution in [0.15, 0.2) is 18.2 Å². The number of ether oxygens (including phenoxy) is 1. The lowest BCUT2D eigenvalue weighted by atomic mass is 9.76. The number of fused-ring (bicyclic) bond motifs is 1.